The van der Waals surface area contributed by atoms with Crippen molar-refractivity contribution < 1.29 is 5.11 Å². The van der Waals surface area contributed by atoms with E-state index >= 15 is 0 Å². The second kappa shape index (κ2) is 7.05. The molecular formula is C16H34N2O. The highest BCUT2D eigenvalue weighted by molar-refractivity contribution is 4.86. The van der Waals surface area contributed by atoms with Gasteiger partial charge in [-0.1, -0.05) is 34.6 Å². The summed E-state index contributed by atoms with van der Waals surface area (Å²) < 4.78 is 0. The van der Waals surface area contributed by atoms with Crippen LogP contribution < -0.4 is 5.32 Å². The second-order valence-electron chi connectivity index (χ2n) is 7.99. The highest BCUT2D eigenvalue weighted by Gasteiger charge is 2.30. The summed E-state index contributed by atoms with van der Waals surface area (Å²) >= 11 is 0. The minimum absolute atomic E-state index is 0.200. The number of nitrogens with zero attached hydrogens (tertiary/aromatic N) is 1. The van der Waals surface area contributed by atoms with Crippen LogP contribution in [0, 0.1) is 17.3 Å². The zero-order valence-corrected chi connectivity index (χ0v) is 13.7. The van der Waals surface area contributed by atoms with Crippen molar-refractivity contribution in [2.45, 2.75) is 60.1 Å². The Kier molecular flexibility index (Phi) is 6.28. The standard InChI is InChI=1S/C16H34N2O/c1-12(2)8-18-9-14(13(3)19)7-15(10-18)17-11-16(4,5)6/h12-15,17,19H,7-11H2,1-6H3. The summed E-state index contributed by atoms with van der Waals surface area (Å²) in [6, 6.07) is 0.520. The van der Waals surface area contributed by atoms with Gasteiger partial charge in [-0.25, -0.2) is 0 Å². The van der Waals surface area contributed by atoms with Crippen molar-refractivity contribution in [1.82, 2.24) is 10.2 Å². The third-order valence-electron chi connectivity index (χ3n) is 3.79. The van der Waals surface area contributed by atoms with Crippen LogP contribution in [0.5, 0.6) is 0 Å². The third-order valence-corrected chi connectivity index (χ3v) is 3.79. The molecule has 1 aliphatic rings. The molecule has 1 fully saturated rings. The molecule has 0 saturated carbocycles. The Morgan fingerprint density at radius 1 is 1.21 bits per heavy atom. The van der Waals surface area contributed by atoms with Crippen molar-refractivity contribution in [2.75, 3.05) is 26.2 Å². The number of rotatable bonds is 5. The van der Waals surface area contributed by atoms with Crippen molar-refractivity contribution in [3.8, 4) is 0 Å². The number of piperidine rings is 1. The molecule has 0 aromatic heterocycles. The normalized spacial score (nSPS) is 27.8. The minimum atomic E-state index is -0.200. The van der Waals surface area contributed by atoms with Crippen LogP contribution in [0.25, 0.3) is 0 Å². The summed E-state index contributed by atoms with van der Waals surface area (Å²) in [4.78, 5) is 2.52. The molecule has 3 heteroatoms. The predicted molar refractivity (Wildman–Crippen MR) is 82.3 cm³/mol. The van der Waals surface area contributed by atoms with E-state index < -0.39 is 0 Å². The molecule has 1 aliphatic heterocycles. The van der Waals surface area contributed by atoms with Gasteiger partial charge in [-0.3, -0.25) is 0 Å². The number of aliphatic hydroxyl groups is 1. The smallest absolute Gasteiger partial charge is 0.0553 e. The van der Waals surface area contributed by atoms with Gasteiger partial charge in [0.15, 0.2) is 0 Å². The summed E-state index contributed by atoms with van der Waals surface area (Å²) in [5.74, 6) is 1.10. The van der Waals surface area contributed by atoms with E-state index in [-0.39, 0.29) is 6.10 Å². The Labute approximate surface area is 119 Å². The Balaban J connectivity index is 2.54. The minimum Gasteiger partial charge on any atom is -0.393 e. The molecule has 0 aromatic carbocycles. The Bertz CT molecular complexity index is 258. The van der Waals surface area contributed by atoms with Crippen molar-refractivity contribution in [3.63, 3.8) is 0 Å². The van der Waals surface area contributed by atoms with Crippen LogP contribution in [0.3, 0.4) is 0 Å². The lowest BCUT2D eigenvalue weighted by Crippen LogP contribution is -2.53. The van der Waals surface area contributed by atoms with Gasteiger partial charge in [0.2, 0.25) is 0 Å². The molecule has 19 heavy (non-hydrogen) atoms. The molecular weight excluding hydrogens is 236 g/mol. The Hall–Kier alpha value is -0.120. The molecule has 0 aromatic rings. The van der Waals surface area contributed by atoms with E-state index in [2.05, 4.69) is 44.8 Å². The van der Waals surface area contributed by atoms with Crippen molar-refractivity contribution >= 4 is 0 Å². The molecule has 114 valence electrons. The molecule has 3 nitrogen and oxygen atoms in total. The average Bonchev–Trinajstić information content (AvgIpc) is 2.24. The summed E-state index contributed by atoms with van der Waals surface area (Å²) in [6.07, 6.45) is 0.899. The van der Waals surface area contributed by atoms with E-state index in [0.29, 0.717) is 23.3 Å². The van der Waals surface area contributed by atoms with Crippen molar-refractivity contribution in [3.05, 3.63) is 0 Å². The lowest BCUT2D eigenvalue weighted by Gasteiger charge is -2.41. The van der Waals surface area contributed by atoms with Gasteiger partial charge in [-0.05, 0) is 30.6 Å². The number of hydrogen-bond acceptors (Lipinski definition) is 3. The van der Waals surface area contributed by atoms with Gasteiger partial charge < -0.3 is 15.3 Å². The summed E-state index contributed by atoms with van der Waals surface area (Å²) in [6.45, 7) is 17.6. The fourth-order valence-corrected chi connectivity index (χ4v) is 2.85. The predicted octanol–water partition coefficient (Wildman–Crippen LogP) is 2.35. The monoisotopic (exact) mass is 270 g/mol. The molecule has 1 saturated heterocycles. The van der Waals surface area contributed by atoms with Crippen LogP contribution in [-0.4, -0.2) is 48.3 Å². The summed E-state index contributed by atoms with van der Waals surface area (Å²) in [5, 5.41) is 13.6. The molecule has 0 aliphatic carbocycles. The van der Waals surface area contributed by atoms with Crippen LogP contribution in [0.4, 0.5) is 0 Å². The zero-order valence-electron chi connectivity index (χ0n) is 13.7. The van der Waals surface area contributed by atoms with Gasteiger partial charge in [0.25, 0.3) is 0 Å². The summed E-state index contributed by atoms with van der Waals surface area (Å²) in [7, 11) is 0. The van der Waals surface area contributed by atoms with Gasteiger partial charge in [0.1, 0.15) is 0 Å². The van der Waals surface area contributed by atoms with Crippen LogP contribution in [0.2, 0.25) is 0 Å². The van der Waals surface area contributed by atoms with Crippen LogP contribution in [-0.2, 0) is 0 Å². The lowest BCUT2D eigenvalue weighted by atomic mass is 9.88. The molecule has 1 heterocycles. The molecule has 1 rings (SSSR count). The topological polar surface area (TPSA) is 35.5 Å². The lowest BCUT2D eigenvalue weighted by molar-refractivity contribution is 0.0420. The molecule has 2 N–H and O–H groups in total. The van der Waals surface area contributed by atoms with Gasteiger partial charge in [0.05, 0.1) is 6.10 Å². The number of likely N-dealkylation sites (tertiary alicyclic amines) is 1. The van der Waals surface area contributed by atoms with E-state index in [9.17, 15) is 5.11 Å². The van der Waals surface area contributed by atoms with Gasteiger partial charge >= 0.3 is 0 Å². The van der Waals surface area contributed by atoms with Crippen molar-refractivity contribution in [1.29, 1.82) is 0 Å². The zero-order chi connectivity index (χ0) is 14.6. The fourth-order valence-electron chi connectivity index (χ4n) is 2.85. The molecule has 0 amide bonds. The van der Waals surface area contributed by atoms with E-state index in [1.54, 1.807) is 0 Å². The van der Waals surface area contributed by atoms with E-state index in [0.717, 1.165) is 32.6 Å². The molecule has 3 unspecified atom stereocenters. The van der Waals surface area contributed by atoms with Crippen molar-refractivity contribution in [2.24, 2.45) is 17.3 Å². The number of hydrogen-bond donors (Lipinski definition) is 2. The molecule has 0 spiro atoms. The first-order chi connectivity index (χ1) is 8.67. The first kappa shape index (κ1) is 16.9. The largest absolute Gasteiger partial charge is 0.393 e. The quantitative estimate of drug-likeness (QED) is 0.805. The molecule has 0 radical (unpaired) electrons. The molecule has 3 atom stereocenters. The van der Waals surface area contributed by atoms with Crippen LogP contribution in [0.15, 0.2) is 0 Å². The van der Waals surface area contributed by atoms with Crippen LogP contribution >= 0.6 is 0 Å². The first-order valence-corrected chi connectivity index (χ1v) is 7.81. The maximum atomic E-state index is 9.92. The SMILES string of the molecule is CC(C)CN1CC(NCC(C)(C)C)CC(C(C)O)C1. The average molecular weight is 270 g/mol. The highest BCUT2D eigenvalue weighted by atomic mass is 16.3. The van der Waals surface area contributed by atoms with Gasteiger partial charge in [0, 0.05) is 32.2 Å². The van der Waals surface area contributed by atoms with Gasteiger partial charge in [-0.2, -0.15) is 0 Å². The van der Waals surface area contributed by atoms with Gasteiger partial charge in [-0.15, -0.1) is 0 Å². The maximum Gasteiger partial charge on any atom is 0.0553 e. The van der Waals surface area contributed by atoms with E-state index in [1.165, 1.54) is 0 Å². The highest BCUT2D eigenvalue weighted by Crippen LogP contribution is 2.22. The van der Waals surface area contributed by atoms with E-state index in [1.807, 2.05) is 6.92 Å². The second-order valence-corrected chi connectivity index (χ2v) is 7.99. The van der Waals surface area contributed by atoms with Crippen LogP contribution in [0.1, 0.15) is 48.0 Å². The fraction of sp³-hybridized carbons (Fsp3) is 1.00. The Morgan fingerprint density at radius 3 is 2.32 bits per heavy atom. The Morgan fingerprint density at radius 2 is 1.84 bits per heavy atom. The number of nitrogens with one attached hydrogen (secondary N) is 1. The molecule has 0 bridgehead atoms. The first-order valence-electron chi connectivity index (χ1n) is 7.81. The summed E-state index contributed by atoms with van der Waals surface area (Å²) in [5.41, 5.74) is 0.320. The maximum absolute atomic E-state index is 9.92. The van der Waals surface area contributed by atoms with E-state index in [4.69, 9.17) is 0 Å². The third kappa shape index (κ3) is 6.73. The number of aliphatic hydroxyl groups excluding tert-OH is 1.